The first-order valence-corrected chi connectivity index (χ1v) is 8.11. The lowest BCUT2D eigenvalue weighted by Crippen LogP contribution is -2.20. The van der Waals surface area contributed by atoms with Crippen LogP contribution >= 0.6 is 0 Å². The maximum absolute atomic E-state index is 12.3. The van der Waals surface area contributed by atoms with Gasteiger partial charge in [0.2, 0.25) is 0 Å². The number of urea groups is 1. The Hall–Kier alpha value is -3.74. The predicted molar refractivity (Wildman–Crippen MR) is 100 cm³/mol. The second kappa shape index (κ2) is 6.64. The number of benzene rings is 2. The van der Waals surface area contributed by atoms with Crippen molar-refractivity contribution in [2.75, 3.05) is 10.6 Å². The fourth-order valence-electron chi connectivity index (χ4n) is 2.62. The van der Waals surface area contributed by atoms with E-state index < -0.39 is 0 Å². The Morgan fingerprint density at radius 3 is 2.35 bits per heavy atom. The number of carbonyl (C=O) groups excluding carboxylic acids is 1. The SMILES string of the molecule is Cc1nc(NC(=O)Nc2ccccc2)c2nn(-c3ccccc3)cc2n1. The minimum Gasteiger partial charge on any atom is -0.308 e. The fourth-order valence-corrected chi connectivity index (χ4v) is 2.62. The van der Waals surface area contributed by atoms with Gasteiger partial charge in [-0.2, -0.15) is 5.10 Å². The van der Waals surface area contributed by atoms with Crippen LogP contribution in [0.2, 0.25) is 0 Å². The van der Waals surface area contributed by atoms with Gasteiger partial charge in [-0.25, -0.2) is 19.4 Å². The predicted octanol–water partition coefficient (Wildman–Crippen LogP) is 3.77. The highest BCUT2D eigenvalue weighted by Crippen LogP contribution is 2.21. The summed E-state index contributed by atoms with van der Waals surface area (Å²) in [5, 5.41) is 10.1. The molecule has 0 radical (unpaired) electrons. The van der Waals surface area contributed by atoms with E-state index in [9.17, 15) is 4.79 Å². The van der Waals surface area contributed by atoms with Gasteiger partial charge in [0.25, 0.3) is 0 Å². The Bertz CT molecular complexity index is 1060. The molecule has 2 aromatic carbocycles. The third-order valence-electron chi connectivity index (χ3n) is 3.76. The van der Waals surface area contributed by atoms with Crippen LogP contribution in [0.1, 0.15) is 5.82 Å². The monoisotopic (exact) mass is 344 g/mol. The summed E-state index contributed by atoms with van der Waals surface area (Å²) in [6.45, 7) is 1.78. The summed E-state index contributed by atoms with van der Waals surface area (Å²) in [6.07, 6.45) is 1.82. The molecule has 0 aliphatic heterocycles. The van der Waals surface area contributed by atoms with E-state index in [1.165, 1.54) is 0 Å². The van der Waals surface area contributed by atoms with Gasteiger partial charge in [0.05, 0.1) is 11.9 Å². The van der Waals surface area contributed by atoms with Gasteiger partial charge in [-0.1, -0.05) is 36.4 Å². The number of carbonyl (C=O) groups is 1. The molecule has 2 amide bonds. The average Bonchev–Trinajstić information content (AvgIpc) is 3.07. The lowest BCUT2D eigenvalue weighted by Gasteiger charge is -2.07. The molecule has 0 saturated carbocycles. The molecule has 0 aliphatic rings. The molecule has 0 saturated heterocycles. The number of fused-ring (bicyclic) bond motifs is 1. The van der Waals surface area contributed by atoms with E-state index in [0.29, 0.717) is 28.4 Å². The first-order chi connectivity index (χ1) is 12.7. The molecule has 26 heavy (non-hydrogen) atoms. The van der Waals surface area contributed by atoms with Crippen LogP contribution in [0, 0.1) is 6.92 Å². The zero-order chi connectivity index (χ0) is 17.9. The van der Waals surface area contributed by atoms with Crippen LogP contribution in [-0.2, 0) is 0 Å². The minimum atomic E-state index is -0.384. The molecule has 2 heterocycles. The molecular formula is C19H16N6O. The minimum absolute atomic E-state index is 0.371. The van der Waals surface area contributed by atoms with E-state index in [1.54, 1.807) is 11.6 Å². The zero-order valence-corrected chi connectivity index (χ0v) is 14.0. The van der Waals surface area contributed by atoms with Gasteiger partial charge in [-0.05, 0) is 31.2 Å². The Balaban J connectivity index is 1.66. The summed E-state index contributed by atoms with van der Waals surface area (Å²) < 4.78 is 1.72. The van der Waals surface area contributed by atoms with Crippen LogP contribution < -0.4 is 10.6 Å². The molecule has 7 heteroatoms. The van der Waals surface area contributed by atoms with Gasteiger partial charge < -0.3 is 5.32 Å². The number of para-hydroxylation sites is 2. The summed E-state index contributed by atoms with van der Waals surface area (Å²) in [5.41, 5.74) is 2.80. The molecule has 4 aromatic rings. The van der Waals surface area contributed by atoms with E-state index in [1.807, 2.05) is 66.9 Å². The Kier molecular flexibility index (Phi) is 4.03. The quantitative estimate of drug-likeness (QED) is 0.592. The lowest BCUT2D eigenvalue weighted by molar-refractivity contribution is 0.262. The van der Waals surface area contributed by atoms with Gasteiger partial charge in [0.15, 0.2) is 11.3 Å². The van der Waals surface area contributed by atoms with Gasteiger partial charge in [-0.3, -0.25) is 5.32 Å². The highest BCUT2D eigenvalue weighted by molar-refractivity contribution is 6.03. The van der Waals surface area contributed by atoms with Crippen molar-refractivity contribution in [2.24, 2.45) is 0 Å². The fraction of sp³-hybridized carbons (Fsp3) is 0.0526. The third-order valence-corrected chi connectivity index (χ3v) is 3.76. The van der Waals surface area contributed by atoms with Crippen molar-refractivity contribution in [2.45, 2.75) is 6.92 Å². The second-order valence-corrected chi connectivity index (χ2v) is 5.71. The number of anilines is 2. The topological polar surface area (TPSA) is 84.7 Å². The molecule has 0 bridgehead atoms. The number of aryl methyl sites for hydroxylation is 1. The zero-order valence-electron chi connectivity index (χ0n) is 14.0. The number of hydrogen-bond donors (Lipinski definition) is 2. The van der Waals surface area contributed by atoms with E-state index in [2.05, 4.69) is 25.7 Å². The summed E-state index contributed by atoms with van der Waals surface area (Å²) in [6, 6.07) is 18.5. The van der Waals surface area contributed by atoms with Crippen LogP contribution in [0.3, 0.4) is 0 Å². The normalized spacial score (nSPS) is 10.7. The number of nitrogens with zero attached hydrogens (tertiary/aromatic N) is 4. The van der Waals surface area contributed by atoms with Crippen LogP contribution in [-0.4, -0.2) is 25.8 Å². The van der Waals surface area contributed by atoms with E-state index in [4.69, 9.17) is 0 Å². The van der Waals surface area contributed by atoms with Crippen LogP contribution in [0.5, 0.6) is 0 Å². The molecule has 128 valence electrons. The average molecular weight is 344 g/mol. The molecular weight excluding hydrogens is 328 g/mol. The highest BCUT2D eigenvalue weighted by Gasteiger charge is 2.14. The molecule has 0 aliphatic carbocycles. The van der Waals surface area contributed by atoms with Gasteiger partial charge >= 0.3 is 6.03 Å². The Morgan fingerprint density at radius 2 is 1.62 bits per heavy atom. The number of hydrogen-bond acceptors (Lipinski definition) is 4. The Morgan fingerprint density at radius 1 is 0.923 bits per heavy atom. The second-order valence-electron chi connectivity index (χ2n) is 5.71. The van der Waals surface area contributed by atoms with E-state index in [0.717, 1.165) is 5.69 Å². The summed E-state index contributed by atoms with van der Waals surface area (Å²) in [5.74, 6) is 0.927. The first-order valence-electron chi connectivity index (χ1n) is 8.11. The van der Waals surface area contributed by atoms with Crippen LogP contribution in [0.25, 0.3) is 16.7 Å². The number of aromatic nitrogens is 4. The summed E-state index contributed by atoms with van der Waals surface area (Å²) in [4.78, 5) is 21.0. The van der Waals surface area contributed by atoms with Crippen LogP contribution in [0.15, 0.2) is 66.9 Å². The molecule has 0 spiro atoms. The lowest BCUT2D eigenvalue weighted by atomic mass is 10.3. The maximum Gasteiger partial charge on any atom is 0.324 e. The molecule has 2 aromatic heterocycles. The van der Waals surface area contributed by atoms with E-state index in [-0.39, 0.29) is 6.03 Å². The van der Waals surface area contributed by atoms with Crippen molar-refractivity contribution in [3.8, 4) is 5.69 Å². The van der Waals surface area contributed by atoms with Gasteiger partial charge in [0.1, 0.15) is 11.3 Å². The highest BCUT2D eigenvalue weighted by atomic mass is 16.2. The molecule has 2 N–H and O–H groups in total. The van der Waals surface area contributed by atoms with Crippen molar-refractivity contribution < 1.29 is 4.79 Å². The molecule has 4 rings (SSSR count). The Labute approximate surface area is 149 Å². The number of rotatable bonds is 3. The van der Waals surface area contributed by atoms with Gasteiger partial charge in [0, 0.05) is 5.69 Å². The number of nitrogens with one attached hydrogen (secondary N) is 2. The van der Waals surface area contributed by atoms with Crippen molar-refractivity contribution in [3.63, 3.8) is 0 Å². The third kappa shape index (κ3) is 3.23. The smallest absolute Gasteiger partial charge is 0.308 e. The number of amides is 2. The summed E-state index contributed by atoms with van der Waals surface area (Å²) in [7, 11) is 0. The molecule has 0 fully saturated rings. The summed E-state index contributed by atoms with van der Waals surface area (Å²) >= 11 is 0. The molecule has 0 atom stereocenters. The van der Waals surface area contributed by atoms with Crippen molar-refractivity contribution in [1.82, 2.24) is 19.7 Å². The van der Waals surface area contributed by atoms with Crippen molar-refractivity contribution in [3.05, 3.63) is 72.7 Å². The molecule has 0 unspecified atom stereocenters. The van der Waals surface area contributed by atoms with Crippen LogP contribution in [0.4, 0.5) is 16.3 Å². The van der Waals surface area contributed by atoms with E-state index >= 15 is 0 Å². The van der Waals surface area contributed by atoms with Crippen molar-refractivity contribution >= 4 is 28.6 Å². The largest absolute Gasteiger partial charge is 0.324 e. The standard InChI is InChI=1S/C19H16N6O/c1-13-20-16-12-25(15-10-6-3-7-11-15)24-17(16)18(21-13)23-19(26)22-14-8-4-2-5-9-14/h2-12H,1H3,(H2,20,21,22,23,26). The van der Waals surface area contributed by atoms with Crippen molar-refractivity contribution in [1.29, 1.82) is 0 Å². The first kappa shape index (κ1) is 15.8. The maximum atomic E-state index is 12.3. The van der Waals surface area contributed by atoms with Gasteiger partial charge in [-0.15, -0.1) is 0 Å². The molecule has 7 nitrogen and oxygen atoms in total.